The second kappa shape index (κ2) is 18.9. The number of nitrogens with zero attached hydrogens (tertiary/aromatic N) is 5. The van der Waals surface area contributed by atoms with E-state index in [2.05, 4.69) is 35.9 Å². The van der Waals surface area contributed by atoms with E-state index >= 15 is 0 Å². The van der Waals surface area contributed by atoms with E-state index in [4.69, 9.17) is 10.7 Å². The van der Waals surface area contributed by atoms with E-state index in [0.717, 1.165) is 77.7 Å². The molecule has 0 atom stereocenters. The molecule has 0 saturated heterocycles. The minimum atomic E-state index is -3.59. The van der Waals surface area contributed by atoms with Crippen LogP contribution in [0, 0.1) is 46.3 Å². The number of aromatic nitrogens is 4. The van der Waals surface area contributed by atoms with Gasteiger partial charge in [0.05, 0.1) is 27.7 Å². The summed E-state index contributed by atoms with van der Waals surface area (Å²) in [5.74, 6) is 6.61. The highest BCUT2D eigenvalue weighted by molar-refractivity contribution is 8.13. The van der Waals surface area contributed by atoms with Crippen molar-refractivity contribution in [1.29, 1.82) is 0 Å². The summed E-state index contributed by atoms with van der Waals surface area (Å²) in [6.07, 6.45) is 21.4. The van der Waals surface area contributed by atoms with E-state index < -0.39 is 19.1 Å². The van der Waals surface area contributed by atoms with Crippen molar-refractivity contribution in [2.24, 2.45) is 46.3 Å². The summed E-state index contributed by atoms with van der Waals surface area (Å²) in [5.41, 5.74) is 4.13. The number of sulfonamides is 1. The number of anilines is 2. The zero-order chi connectivity index (χ0) is 46.4. The van der Waals surface area contributed by atoms with Crippen LogP contribution in [0.1, 0.15) is 112 Å². The minimum Gasteiger partial charge on any atom is -0.311 e. The molecule has 2 amide bonds. The Morgan fingerprint density at radius 2 is 1.04 bits per heavy atom. The van der Waals surface area contributed by atoms with Gasteiger partial charge in [-0.1, -0.05) is 36.4 Å². The first-order chi connectivity index (χ1) is 32.2. The van der Waals surface area contributed by atoms with Gasteiger partial charge in [0, 0.05) is 47.7 Å². The van der Waals surface area contributed by atoms with E-state index in [1.54, 1.807) is 54.9 Å². The SMILES string of the molecule is O=C(CC12CC3CC(CC(C3)C1)C2)Nc1ncnc2c1CCN(S(=O)(=O)c1ccccc1)C2.O=C(CC12CC3CC(CC(C3)C1)C2)Nc1ncnc2c1CCNC2.O=S(=O)(Cl)c1ccccc1. The van der Waals surface area contributed by atoms with E-state index in [-0.39, 0.29) is 39.0 Å². The van der Waals surface area contributed by atoms with Crippen molar-refractivity contribution in [2.45, 2.75) is 126 Å². The number of hydrogen-bond acceptors (Lipinski definition) is 11. The molecule has 0 unspecified atom stereocenters. The van der Waals surface area contributed by atoms with Crippen molar-refractivity contribution < 1.29 is 26.4 Å². The second-order valence-corrected chi connectivity index (χ2v) is 25.7. The molecule has 14 nitrogen and oxygen atoms in total. The average molecular weight is 970 g/mol. The second-order valence-electron chi connectivity index (χ2n) is 21.2. The number of fused-ring (bicyclic) bond motifs is 2. The molecule has 3 N–H and O–H groups in total. The summed E-state index contributed by atoms with van der Waals surface area (Å²) >= 11 is 0. The highest BCUT2D eigenvalue weighted by atomic mass is 35.7. The van der Waals surface area contributed by atoms with Gasteiger partial charge in [-0.2, -0.15) is 4.31 Å². The van der Waals surface area contributed by atoms with Crippen molar-refractivity contribution in [3.05, 3.63) is 95.8 Å². The van der Waals surface area contributed by atoms with Gasteiger partial charge in [0.15, 0.2) is 0 Å². The molecule has 4 aromatic rings. The Hall–Kier alpha value is -4.35. The maximum absolute atomic E-state index is 13.1. The van der Waals surface area contributed by atoms with Crippen LogP contribution in [0.5, 0.6) is 0 Å². The third kappa shape index (κ3) is 10.3. The van der Waals surface area contributed by atoms with Crippen LogP contribution in [-0.2, 0) is 54.6 Å². The topological polar surface area (TPSA) is 193 Å². The van der Waals surface area contributed by atoms with E-state index in [0.29, 0.717) is 37.3 Å². The van der Waals surface area contributed by atoms with Gasteiger partial charge >= 0.3 is 0 Å². The largest absolute Gasteiger partial charge is 0.311 e. The lowest BCUT2D eigenvalue weighted by Crippen LogP contribution is -2.47. The lowest BCUT2D eigenvalue weighted by molar-refractivity contribution is -0.125. The van der Waals surface area contributed by atoms with Crippen LogP contribution in [0.15, 0.2) is 83.1 Å². The minimum absolute atomic E-state index is 0.0391. The van der Waals surface area contributed by atoms with Crippen LogP contribution in [0.3, 0.4) is 0 Å². The molecule has 8 aliphatic carbocycles. The molecular weight excluding hydrogens is 908 g/mol. The summed E-state index contributed by atoms with van der Waals surface area (Å²) in [4.78, 5) is 43.7. The lowest BCUT2D eigenvalue weighted by Gasteiger charge is -2.56. The van der Waals surface area contributed by atoms with Crippen LogP contribution < -0.4 is 16.0 Å². The summed E-state index contributed by atoms with van der Waals surface area (Å²) in [5, 5.41) is 9.52. The van der Waals surface area contributed by atoms with Gasteiger partial charge < -0.3 is 16.0 Å². The Balaban J connectivity index is 0.000000134. The quantitative estimate of drug-likeness (QED) is 0.138. The Labute approximate surface area is 398 Å². The van der Waals surface area contributed by atoms with Crippen LogP contribution in [0.2, 0.25) is 0 Å². The molecular formula is C50H61ClN8O6S2. The smallest absolute Gasteiger partial charge is 0.261 e. The normalized spacial score (nSPS) is 29.9. The maximum atomic E-state index is 13.1. The van der Waals surface area contributed by atoms with Gasteiger partial charge in [-0.15, -0.1) is 0 Å². The Bertz CT molecular complexity index is 2640. The van der Waals surface area contributed by atoms with E-state index in [9.17, 15) is 26.4 Å². The van der Waals surface area contributed by atoms with Crippen molar-refractivity contribution in [1.82, 2.24) is 29.6 Å². The third-order valence-corrected chi connectivity index (χ3v) is 19.4. The van der Waals surface area contributed by atoms with Gasteiger partial charge in [-0.3, -0.25) is 9.59 Å². The first-order valence-electron chi connectivity index (χ1n) is 24.2. The summed E-state index contributed by atoms with van der Waals surface area (Å²) in [6, 6.07) is 16.3. The first kappa shape index (κ1) is 46.4. The number of carbonyl (C=O) groups excluding carboxylic acids is 2. The summed E-state index contributed by atoms with van der Waals surface area (Å²) in [7, 11) is -2.09. The van der Waals surface area contributed by atoms with E-state index in [1.165, 1.54) is 99.8 Å². The van der Waals surface area contributed by atoms with Crippen molar-refractivity contribution >= 4 is 53.2 Å². The Kier molecular flexibility index (Phi) is 13.1. The molecule has 8 fully saturated rings. The maximum Gasteiger partial charge on any atom is 0.261 e. The molecule has 14 rings (SSSR count). The van der Waals surface area contributed by atoms with E-state index in [1.807, 2.05) is 0 Å². The van der Waals surface area contributed by atoms with Gasteiger partial charge in [0.2, 0.25) is 21.8 Å². The molecule has 2 aromatic carbocycles. The summed E-state index contributed by atoms with van der Waals surface area (Å²) < 4.78 is 48.7. The molecule has 10 aliphatic rings. The molecule has 0 spiro atoms. The monoisotopic (exact) mass is 968 g/mol. The molecule has 8 saturated carbocycles. The number of nitrogens with one attached hydrogen (secondary N) is 3. The highest BCUT2D eigenvalue weighted by Crippen LogP contribution is 2.62. The number of amides is 2. The van der Waals surface area contributed by atoms with Crippen LogP contribution in [0.4, 0.5) is 11.6 Å². The van der Waals surface area contributed by atoms with Gasteiger partial charge in [0.25, 0.3) is 9.05 Å². The average Bonchev–Trinajstić information content (AvgIpc) is 3.28. The standard InChI is InChI=1S/C25H30N4O3S.C19H26N4O.C6H5ClO2S/c30-23(14-25-11-17-8-18(12-25)10-19(9-17)13-25)28-24-21-6-7-29(15-22(21)26-16-27-24)33(31,32)20-4-2-1-3-5-20;24-17(23-18-15-1-2-20-10-16(15)21-11-22-18)9-19-6-12-3-13(7-19)5-14(4-12)8-19;7-10(8,9)6-4-2-1-3-5-6/h1-5,16-19H,6-15H2,(H,26,27,28,30);11-14,20H,1-10H2,(H,21,22,23,24);1-5H. The molecule has 67 heavy (non-hydrogen) atoms. The number of benzene rings is 2. The molecule has 2 aliphatic heterocycles. The van der Waals surface area contributed by atoms with Gasteiger partial charge in [-0.05, 0) is 167 Å². The molecule has 0 radical (unpaired) electrons. The first-order valence-corrected chi connectivity index (χ1v) is 28.0. The third-order valence-electron chi connectivity index (χ3n) is 16.2. The van der Waals surface area contributed by atoms with Gasteiger partial charge in [-0.25, -0.2) is 36.8 Å². The number of rotatable bonds is 9. The fraction of sp³-hybridized carbons (Fsp3) is 0.560. The Morgan fingerprint density at radius 1 is 0.612 bits per heavy atom. The fourth-order valence-electron chi connectivity index (χ4n) is 14.4. The predicted octanol–water partition coefficient (Wildman–Crippen LogP) is 8.05. The number of hydrogen-bond donors (Lipinski definition) is 3. The van der Waals surface area contributed by atoms with Crippen molar-refractivity contribution in [2.75, 3.05) is 23.7 Å². The molecule has 4 heterocycles. The molecule has 8 bridgehead atoms. The number of halogens is 1. The predicted molar refractivity (Wildman–Crippen MR) is 254 cm³/mol. The van der Waals surface area contributed by atoms with Crippen LogP contribution in [0.25, 0.3) is 0 Å². The summed E-state index contributed by atoms with van der Waals surface area (Å²) in [6.45, 7) is 2.23. The zero-order valence-electron chi connectivity index (χ0n) is 37.9. The fourth-order valence-corrected chi connectivity index (χ4v) is 16.6. The molecule has 2 aromatic heterocycles. The van der Waals surface area contributed by atoms with Gasteiger partial charge in [0.1, 0.15) is 24.3 Å². The Morgan fingerprint density at radius 3 is 1.49 bits per heavy atom. The lowest BCUT2D eigenvalue weighted by atomic mass is 9.49. The molecule has 356 valence electrons. The number of carbonyl (C=O) groups is 2. The van der Waals surface area contributed by atoms with Crippen molar-refractivity contribution in [3.63, 3.8) is 0 Å². The molecule has 17 heteroatoms. The van der Waals surface area contributed by atoms with Crippen LogP contribution >= 0.6 is 10.7 Å². The zero-order valence-corrected chi connectivity index (χ0v) is 40.3. The van der Waals surface area contributed by atoms with Crippen molar-refractivity contribution in [3.8, 4) is 0 Å². The highest BCUT2D eigenvalue weighted by Gasteiger charge is 2.53. The van der Waals surface area contributed by atoms with Crippen LogP contribution in [-0.4, -0.2) is 66.0 Å².